The molecule has 0 amide bonds. The molecule has 44 valence electrons. The van der Waals surface area contributed by atoms with Crippen LogP contribution in [0, 0.1) is 0 Å². The van der Waals surface area contributed by atoms with Gasteiger partial charge >= 0.3 is 51.5 Å². The molecular weight excluding hydrogens is 182 g/mol. The third-order valence-electron chi connectivity index (χ3n) is 0.800. The van der Waals surface area contributed by atoms with E-state index in [2.05, 4.69) is 24.3 Å². The molecule has 0 spiro atoms. The van der Waals surface area contributed by atoms with Gasteiger partial charge in [-0.25, -0.2) is 0 Å². The van der Waals surface area contributed by atoms with Gasteiger partial charge in [0.15, 0.2) is 0 Å². The third kappa shape index (κ3) is 2.39. The quantitative estimate of drug-likeness (QED) is 0.519. The first kappa shape index (κ1) is 8.07. The van der Waals surface area contributed by atoms with E-state index in [0.29, 0.717) is 0 Å². The van der Waals surface area contributed by atoms with Crippen LogP contribution in [-0.2, 0) is 0 Å². The second kappa shape index (κ2) is 4.00. The van der Waals surface area contributed by atoms with Crippen molar-refractivity contribution in [2.45, 2.75) is 0 Å². The van der Waals surface area contributed by atoms with Crippen molar-refractivity contribution in [2.24, 2.45) is 0 Å². The molecule has 2 heteroatoms. The molecule has 1 aromatic carbocycles. The Morgan fingerprint density at radius 3 is 1.75 bits per heavy atom. The van der Waals surface area contributed by atoms with E-state index in [-0.39, 0.29) is 12.4 Å². The first-order chi connectivity index (χ1) is 3.39. The molecule has 1 unspecified atom stereocenters. The van der Waals surface area contributed by atoms with Gasteiger partial charge in [-0.15, -0.1) is 12.4 Å². The zero-order valence-corrected chi connectivity index (χ0v) is 7.61. The maximum absolute atomic E-state index is 2.11. The van der Waals surface area contributed by atoms with Crippen molar-refractivity contribution >= 4 is 33.6 Å². The zero-order valence-electron chi connectivity index (χ0n) is 4.37. The Bertz CT molecular complexity index is 138. The Kier molecular flexibility index (Phi) is 4.03. The van der Waals surface area contributed by atoms with Crippen LogP contribution in [0.4, 0.5) is 0 Å². The molecular formula is C6H8AsCl. The van der Waals surface area contributed by atoms with Crippen LogP contribution in [0.15, 0.2) is 30.3 Å². The molecule has 0 aliphatic rings. The van der Waals surface area contributed by atoms with E-state index >= 15 is 0 Å². The molecule has 0 heterocycles. The number of hydrogen-bond acceptors (Lipinski definition) is 0. The second-order valence-corrected chi connectivity index (χ2v) is 2.81. The van der Waals surface area contributed by atoms with E-state index in [1.165, 1.54) is 4.35 Å². The average Bonchev–Trinajstić information content (AvgIpc) is 1.69. The average molecular weight is 191 g/mol. The summed E-state index contributed by atoms with van der Waals surface area (Å²) in [4.78, 5) is 0. The minimum absolute atomic E-state index is 0. The van der Waals surface area contributed by atoms with Crippen molar-refractivity contribution in [3.05, 3.63) is 30.3 Å². The van der Waals surface area contributed by atoms with Gasteiger partial charge in [0.2, 0.25) is 0 Å². The van der Waals surface area contributed by atoms with Gasteiger partial charge in [0.05, 0.1) is 0 Å². The van der Waals surface area contributed by atoms with Crippen LogP contribution in [0.1, 0.15) is 0 Å². The van der Waals surface area contributed by atoms with Gasteiger partial charge < -0.3 is 0 Å². The predicted molar refractivity (Wildman–Crippen MR) is 41.9 cm³/mol. The Hall–Kier alpha value is 0.0684. The topological polar surface area (TPSA) is 0 Å². The molecule has 0 N–H and O–H groups in total. The molecule has 1 rings (SSSR count). The predicted octanol–water partition coefficient (Wildman–Crippen LogP) is 0.367. The molecule has 0 saturated carbocycles. The van der Waals surface area contributed by atoms with Gasteiger partial charge in [0.1, 0.15) is 0 Å². The van der Waals surface area contributed by atoms with Crippen LogP contribution in [-0.4, -0.2) is 16.9 Å². The second-order valence-electron chi connectivity index (χ2n) is 1.41. The van der Waals surface area contributed by atoms with Crippen LogP contribution >= 0.6 is 12.4 Å². The molecule has 0 saturated heterocycles. The number of halogens is 1. The van der Waals surface area contributed by atoms with E-state index in [0.717, 1.165) is 0 Å². The van der Waals surface area contributed by atoms with Crippen molar-refractivity contribution in [3.63, 3.8) is 0 Å². The Morgan fingerprint density at radius 1 is 1.00 bits per heavy atom. The van der Waals surface area contributed by atoms with Gasteiger partial charge in [0, 0.05) is 0 Å². The monoisotopic (exact) mass is 190 g/mol. The summed E-state index contributed by atoms with van der Waals surface area (Å²) in [6.45, 7) is 0. The van der Waals surface area contributed by atoms with Crippen LogP contribution < -0.4 is 4.35 Å². The summed E-state index contributed by atoms with van der Waals surface area (Å²) in [5.41, 5.74) is 0. The summed E-state index contributed by atoms with van der Waals surface area (Å²) < 4.78 is 1.38. The first-order valence-corrected chi connectivity index (χ1v) is 3.41. The van der Waals surface area contributed by atoms with Gasteiger partial charge in [-0.3, -0.25) is 0 Å². The normalized spacial score (nSPS) is 7.62. The van der Waals surface area contributed by atoms with E-state index in [1.54, 1.807) is 16.9 Å². The minimum atomic E-state index is 0. The van der Waals surface area contributed by atoms with Crippen LogP contribution in [0.2, 0.25) is 0 Å². The zero-order chi connectivity index (χ0) is 5.11. The molecule has 0 radical (unpaired) electrons. The standard InChI is InChI=1S/C6H7As.ClH/c7-6-4-2-1-3-5-6;/h1-5H,7H2;1H. The molecule has 0 aromatic heterocycles. The van der Waals surface area contributed by atoms with E-state index < -0.39 is 0 Å². The van der Waals surface area contributed by atoms with Gasteiger partial charge in [-0.05, 0) is 0 Å². The van der Waals surface area contributed by atoms with Crippen molar-refractivity contribution in [1.82, 2.24) is 0 Å². The van der Waals surface area contributed by atoms with Gasteiger partial charge in [0.25, 0.3) is 0 Å². The summed E-state index contributed by atoms with van der Waals surface area (Å²) in [6.07, 6.45) is 0. The number of rotatable bonds is 0. The van der Waals surface area contributed by atoms with Crippen molar-refractivity contribution in [1.29, 1.82) is 0 Å². The summed E-state index contributed by atoms with van der Waals surface area (Å²) >= 11 is 1.67. The fourth-order valence-electron chi connectivity index (χ4n) is 0.453. The third-order valence-corrected chi connectivity index (χ3v) is 1.61. The fraction of sp³-hybridized carbons (Fsp3) is 0. The summed E-state index contributed by atoms with van der Waals surface area (Å²) in [5, 5.41) is 0. The maximum atomic E-state index is 2.11. The van der Waals surface area contributed by atoms with E-state index in [1.807, 2.05) is 6.07 Å². The van der Waals surface area contributed by atoms with Gasteiger partial charge in [-0.2, -0.15) is 0 Å². The molecule has 1 atom stereocenters. The van der Waals surface area contributed by atoms with Crippen molar-refractivity contribution < 1.29 is 0 Å². The Morgan fingerprint density at radius 2 is 1.50 bits per heavy atom. The molecule has 0 bridgehead atoms. The molecule has 0 fully saturated rings. The molecule has 1 aromatic rings. The van der Waals surface area contributed by atoms with Gasteiger partial charge in [-0.1, -0.05) is 0 Å². The Balaban J connectivity index is 0.000000490. The molecule has 0 nitrogen and oxygen atoms in total. The number of hydrogen-bond donors (Lipinski definition) is 0. The van der Waals surface area contributed by atoms with Crippen molar-refractivity contribution in [2.75, 3.05) is 0 Å². The van der Waals surface area contributed by atoms with E-state index in [4.69, 9.17) is 0 Å². The summed E-state index contributed by atoms with van der Waals surface area (Å²) in [5.74, 6) is 0. The number of benzene rings is 1. The fourth-order valence-corrected chi connectivity index (χ4v) is 0.919. The molecule has 8 heavy (non-hydrogen) atoms. The Labute approximate surface area is 64.2 Å². The van der Waals surface area contributed by atoms with Crippen LogP contribution in [0.25, 0.3) is 0 Å². The molecule has 0 aliphatic heterocycles. The van der Waals surface area contributed by atoms with Crippen LogP contribution in [0.5, 0.6) is 0 Å². The van der Waals surface area contributed by atoms with Crippen LogP contribution in [0.3, 0.4) is 0 Å². The van der Waals surface area contributed by atoms with Crippen molar-refractivity contribution in [3.8, 4) is 0 Å². The summed E-state index contributed by atoms with van der Waals surface area (Å²) in [6, 6.07) is 10.4. The first-order valence-electron chi connectivity index (χ1n) is 2.20. The van der Waals surface area contributed by atoms with E-state index in [9.17, 15) is 0 Å². The molecule has 0 aliphatic carbocycles. The summed E-state index contributed by atoms with van der Waals surface area (Å²) in [7, 11) is 0. The SMILES string of the molecule is Cl.[AsH2]c1ccccc1.